The highest BCUT2D eigenvalue weighted by Gasteiger charge is 2.42. The Hall–Kier alpha value is -1.52. The molecule has 0 radical (unpaired) electrons. The molecule has 146 valence electrons. The van der Waals surface area contributed by atoms with Gasteiger partial charge in [0.05, 0.1) is 18.4 Å². The molecule has 1 aromatic heterocycles. The molecule has 2 N–H and O–H groups in total. The van der Waals surface area contributed by atoms with E-state index in [1.807, 2.05) is 39.3 Å². The number of guanidine groups is 1. The van der Waals surface area contributed by atoms with Crippen molar-refractivity contribution in [3.63, 3.8) is 0 Å². The number of halogens is 1. The largest absolute Gasteiger partial charge is 0.355 e. The summed E-state index contributed by atoms with van der Waals surface area (Å²) in [4.78, 5) is 24.9. The third kappa shape index (κ3) is 4.24. The van der Waals surface area contributed by atoms with E-state index in [0.717, 1.165) is 50.1 Å². The Morgan fingerprint density at radius 2 is 2.27 bits per heavy atom. The number of aliphatic imine (C=N–C) groups is 1. The first-order chi connectivity index (χ1) is 11.9. The quantitative estimate of drug-likeness (QED) is 0.384. The summed E-state index contributed by atoms with van der Waals surface area (Å²) in [7, 11) is 7.81. The van der Waals surface area contributed by atoms with Gasteiger partial charge in [0.2, 0.25) is 11.9 Å². The van der Waals surface area contributed by atoms with Crippen LogP contribution in [0.5, 0.6) is 0 Å². The first-order valence-electron chi connectivity index (χ1n) is 8.84. The molecule has 2 saturated heterocycles. The lowest BCUT2D eigenvalue weighted by Crippen LogP contribution is -2.51. The Balaban J connectivity index is 0.00000243. The van der Waals surface area contributed by atoms with Gasteiger partial charge in [0.15, 0.2) is 5.96 Å². The number of carbonyl (C=O) groups excluding carboxylic acids is 1. The highest BCUT2D eigenvalue weighted by molar-refractivity contribution is 14.0. The van der Waals surface area contributed by atoms with Crippen LogP contribution in [0.1, 0.15) is 25.0 Å². The minimum Gasteiger partial charge on any atom is -0.355 e. The number of piperidine rings is 1. The molecule has 8 nitrogen and oxygen atoms in total. The standard InChI is InChI=1S/C17H29N7O.HI/c1-18-15(19-9-13-10-20-16(22(2)3)23(13)4)24-7-5-6-17(12-24)8-14(25)21-11-17;/h10H,5-9,11-12H2,1-4H3,(H,18,19)(H,21,25);1H. The molecule has 0 bridgehead atoms. The molecule has 2 fully saturated rings. The monoisotopic (exact) mass is 475 g/mol. The van der Waals surface area contributed by atoms with Crippen LogP contribution in [0.25, 0.3) is 0 Å². The van der Waals surface area contributed by atoms with E-state index in [1.54, 1.807) is 0 Å². The number of rotatable bonds is 3. The molecule has 2 aliphatic rings. The van der Waals surface area contributed by atoms with Gasteiger partial charge in [0.1, 0.15) is 0 Å². The van der Waals surface area contributed by atoms with Crippen LogP contribution in [-0.4, -0.2) is 67.1 Å². The SMILES string of the molecule is CN=C(NCc1cnc(N(C)C)n1C)N1CCCC2(CNC(=O)C2)C1.I. The van der Waals surface area contributed by atoms with E-state index in [-0.39, 0.29) is 35.3 Å². The summed E-state index contributed by atoms with van der Waals surface area (Å²) in [6.07, 6.45) is 4.72. The number of nitrogens with zero attached hydrogens (tertiary/aromatic N) is 5. The summed E-state index contributed by atoms with van der Waals surface area (Å²) < 4.78 is 2.08. The van der Waals surface area contributed by atoms with Crippen LogP contribution in [0.3, 0.4) is 0 Å². The molecule has 0 saturated carbocycles. The van der Waals surface area contributed by atoms with Gasteiger partial charge in [0, 0.05) is 59.7 Å². The van der Waals surface area contributed by atoms with Crippen molar-refractivity contribution in [1.29, 1.82) is 0 Å². The maximum Gasteiger partial charge on any atom is 0.220 e. The first-order valence-corrected chi connectivity index (χ1v) is 8.84. The number of anilines is 1. The lowest BCUT2D eigenvalue weighted by Gasteiger charge is -2.40. The molecule has 26 heavy (non-hydrogen) atoms. The average molecular weight is 475 g/mol. The van der Waals surface area contributed by atoms with Crippen LogP contribution in [0.2, 0.25) is 0 Å². The van der Waals surface area contributed by atoms with E-state index < -0.39 is 0 Å². The molecule has 3 heterocycles. The zero-order valence-corrected chi connectivity index (χ0v) is 18.4. The molecule has 1 amide bonds. The van der Waals surface area contributed by atoms with Crippen molar-refractivity contribution in [2.24, 2.45) is 17.5 Å². The normalized spacial score (nSPS) is 23.0. The number of hydrogen-bond donors (Lipinski definition) is 2. The van der Waals surface area contributed by atoms with Crippen LogP contribution in [0.15, 0.2) is 11.2 Å². The lowest BCUT2D eigenvalue weighted by atomic mass is 9.79. The van der Waals surface area contributed by atoms with Gasteiger partial charge in [-0.2, -0.15) is 0 Å². The second kappa shape index (κ2) is 8.45. The minimum absolute atomic E-state index is 0. The summed E-state index contributed by atoms with van der Waals surface area (Å²) in [5, 5.41) is 6.45. The summed E-state index contributed by atoms with van der Waals surface area (Å²) >= 11 is 0. The maximum atomic E-state index is 11.7. The van der Waals surface area contributed by atoms with Gasteiger partial charge in [-0.3, -0.25) is 9.79 Å². The van der Waals surface area contributed by atoms with Crippen LogP contribution in [0.4, 0.5) is 5.95 Å². The Morgan fingerprint density at radius 1 is 1.50 bits per heavy atom. The van der Waals surface area contributed by atoms with E-state index in [4.69, 9.17) is 0 Å². The van der Waals surface area contributed by atoms with Gasteiger partial charge < -0.3 is 25.0 Å². The number of amides is 1. The second-order valence-electron chi connectivity index (χ2n) is 7.38. The maximum absolute atomic E-state index is 11.7. The number of nitrogens with one attached hydrogen (secondary N) is 2. The summed E-state index contributed by atoms with van der Waals surface area (Å²) in [6.45, 7) is 3.31. The lowest BCUT2D eigenvalue weighted by molar-refractivity contribution is -0.119. The van der Waals surface area contributed by atoms with Crippen molar-refractivity contribution in [3.05, 3.63) is 11.9 Å². The third-order valence-corrected chi connectivity index (χ3v) is 5.26. The Labute approximate surface area is 172 Å². The fourth-order valence-electron chi connectivity index (χ4n) is 3.94. The third-order valence-electron chi connectivity index (χ3n) is 5.26. The molecule has 1 spiro atoms. The van der Waals surface area contributed by atoms with Crippen LogP contribution >= 0.6 is 24.0 Å². The number of likely N-dealkylation sites (tertiary alicyclic amines) is 1. The molecule has 0 aliphatic carbocycles. The molecule has 1 atom stereocenters. The zero-order chi connectivity index (χ0) is 18.0. The summed E-state index contributed by atoms with van der Waals surface area (Å²) in [5.74, 6) is 2.00. The van der Waals surface area contributed by atoms with Crippen molar-refractivity contribution >= 4 is 41.8 Å². The molecule has 0 aromatic carbocycles. The van der Waals surface area contributed by atoms with Crippen LogP contribution in [0, 0.1) is 5.41 Å². The average Bonchev–Trinajstić information content (AvgIpc) is 3.12. The molecule has 1 unspecified atom stereocenters. The van der Waals surface area contributed by atoms with Gasteiger partial charge in [-0.05, 0) is 12.8 Å². The molecular formula is C17H30IN7O. The predicted molar refractivity (Wildman–Crippen MR) is 114 cm³/mol. The Morgan fingerprint density at radius 3 is 2.85 bits per heavy atom. The molecule has 1 aromatic rings. The van der Waals surface area contributed by atoms with Crippen LogP contribution < -0.4 is 15.5 Å². The van der Waals surface area contributed by atoms with Crippen molar-refractivity contribution in [1.82, 2.24) is 25.1 Å². The van der Waals surface area contributed by atoms with E-state index in [1.165, 1.54) is 0 Å². The number of hydrogen-bond acceptors (Lipinski definition) is 4. The predicted octanol–water partition coefficient (Wildman–Crippen LogP) is 0.782. The Bertz CT molecular complexity index is 672. The highest BCUT2D eigenvalue weighted by Crippen LogP contribution is 2.35. The highest BCUT2D eigenvalue weighted by atomic mass is 127. The van der Waals surface area contributed by atoms with Gasteiger partial charge in [-0.25, -0.2) is 4.98 Å². The van der Waals surface area contributed by atoms with Gasteiger partial charge in [0.25, 0.3) is 0 Å². The number of carbonyl (C=O) groups is 1. The van der Waals surface area contributed by atoms with E-state index in [2.05, 4.69) is 30.1 Å². The smallest absolute Gasteiger partial charge is 0.220 e. The van der Waals surface area contributed by atoms with Crippen molar-refractivity contribution in [2.45, 2.75) is 25.8 Å². The van der Waals surface area contributed by atoms with E-state index in [9.17, 15) is 4.79 Å². The zero-order valence-electron chi connectivity index (χ0n) is 16.1. The van der Waals surface area contributed by atoms with Crippen molar-refractivity contribution < 1.29 is 4.79 Å². The fourth-order valence-corrected chi connectivity index (χ4v) is 3.94. The van der Waals surface area contributed by atoms with Gasteiger partial charge in [-0.1, -0.05) is 0 Å². The first kappa shape index (κ1) is 20.8. The number of aromatic nitrogens is 2. The molecular weight excluding hydrogens is 445 g/mol. The van der Waals surface area contributed by atoms with Gasteiger partial charge >= 0.3 is 0 Å². The van der Waals surface area contributed by atoms with Gasteiger partial charge in [-0.15, -0.1) is 24.0 Å². The number of imidazole rings is 1. The van der Waals surface area contributed by atoms with E-state index in [0.29, 0.717) is 13.0 Å². The van der Waals surface area contributed by atoms with Crippen LogP contribution in [-0.2, 0) is 18.4 Å². The van der Waals surface area contributed by atoms with Crippen molar-refractivity contribution in [2.75, 3.05) is 45.7 Å². The fraction of sp³-hybridized carbons (Fsp3) is 0.706. The molecule has 3 rings (SSSR count). The van der Waals surface area contributed by atoms with Crippen molar-refractivity contribution in [3.8, 4) is 0 Å². The summed E-state index contributed by atoms with van der Waals surface area (Å²) in [6, 6.07) is 0. The summed E-state index contributed by atoms with van der Waals surface area (Å²) in [5.41, 5.74) is 1.17. The second-order valence-corrected chi connectivity index (χ2v) is 7.38. The molecule has 9 heteroatoms. The Kier molecular flexibility index (Phi) is 6.75. The minimum atomic E-state index is 0. The topological polar surface area (TPSA) is 77.8 Å². The van der Waals surface area contributed by atoms with E-state index >= 15 is 0 Å². The molecule has 2 aliphatic heterocycles.